The monoisotopic (exact) mass is 469 g/mol. The van der Waals surface area contributed by atoms with Gasteiger partial charge >= 0.3 is 12.2 Å². The van der Waals surface area contributed by atoms with Gasteiger partial charge in [-0.05, 0) is 43.3 Å². The summed E-state index contributed by atoms with van der Waals surface area (Å²) in [6.45, 7) is 6.30. The Balaban J connectivity index is 1.92. The Hall–Kier alpha value is -2.59. The van der Waals surface area contributed by atoms with Crippen LogP contribution in [0.1, 0.15) is 23.6 Å². The molecule has 0 bridgehead atoms. The van der Waals surface area contributed by atoms with E-state index in [2.05, 4.69) is 4.90 Å². The minimum absolute atomic E-state index is 0.0458. The lowest BCUT2D eigenvalue weighted by Crippen LogP contribution is -2.53. The molecule has 6 nitrogen and oxygen atoms in total. The maximum absolute atomic E-state index is 13.4. The van der Waals surface area contributed by atoms with Crippen molar-refractivity contribution in [2.45, 2.75) is 31.5 Å². The molecule has 3 rings (SSSR count). The van der Waals surface area contributed by atoms with Gasteiger partial charge in [0.15, 0.2) is 0 Å². The Morgan fingerprint density at radius 1 is 0.969 bits per heavy atom. The Morgan fingerprint density at radius 2 is 1.53 bits per heavy atom. The molecule has 1 fully saturated rings. The molecule has 0 radical (unpaired) electrons. The van der Waals surface area contributed by atoms with Crippen molar-refractivity contribution < 1.29 is 26.4 Å². The number of sulfonamides is 1. The van der Waals surface area contributed by atoms with E-state index in [9.17, 15) is 26.4 Å². The normalized spacial score (nSPS) is 15.6. The molecule has 2 aromatic carbocycles. The van der Waals surface area contributed by atoms with Crippen molar-refractivity contribution >= 4 is 16.1 Å². The number of likely N-dealkylation sites (N-methyl/N-ethyl adjacent to an activating group) is 1. The second-order valence-electron chi connectivity index (χ2n) is 7.72. The van der Waals surface area contributed by atoms with Crippen LogP contribution in [0.25, 0.3) is 0 Å². The summed E-state index contributed by atoms with van der Waals surface area (Å²) < 4.78 is 66.1. The van der Waals surface area contributed by atoms with Crippen LogP contribution in [0.2, 0.25) is 0 Å². The third-order valence-corrected chi connectivity index (χ3v) is 7.25. The predicted octanol–water partition coefficient (Wildman–Crippen LogP) is 3.96. The number of nitrogens with zero attached hydrogens (tertiary/aromatic N) is 3. The van der Waals surface area contributed by atoms with Gasteiger partial charge in [-0.2, -0.15) is 13.2 Å². The van der Waals surface area contributed by atoms with Gasteiger partial charge < -0.3 is 9.80 Å². The second-order valence-corrected chi connectivity index (χ2v) is 9.59. The highest BCUT2D eigenvalue weighted by atomic mass is 32.2. The molecular weight excluding hydrogens is 443 g/mol. The van der Waals surface area contributed by atoms with Crippen LogP contribution in [0.3, 0.4) is 0 Å². The van der Waals surface area contributed by atoms with Crippen molar-refractivity contribution in [3.05, 3.63) is 65.2 Å². The van der Waals surface area contributed by atoms with Gasteiger partial charge in [-0.15, -0.1) is 0 Å². The fourth-order valence-electron chi connectivity index (χ4n) is 3.47. The van der Waals surface area contributed by atoms with Crippen LogP contribution in [0.5, 0.6) is 0 Å². The van der Waals surface area contributed by atoms with Gasteiger partial charge in [-0.3, -0.25) is 0 Å². The van der Waals surface area contributed by atoms with E-state index in [1.165, 1.54) is 29.2 Å². The van der Waals surface area contributed by atoms with Crippen LogP contribution in [-0.4, -0.2) is 61.3 Å². The fraction of sp³-hybridized carbons (Fsp3) is 0.409. The first-order chi connectivity index (χ1) is 15.0. The molecule has 2 amide bonds. The first-order valence-electron chi connectivity index (χ1n) is 10.3. The lowest BCUT2D eigenvalue weighted by Gasteiger charge is -2.36. The maximum atomic E-state index is 13.4. The molecule has 1 aliphatic rings. The number of amides is 2. The number of benzene rings is 2. The predicted molar refractivity (Wildman–Crippen MR) is 114 cm³/mol. The molecule has 174 valence electrons. The Bertz CT molecular complexity index is 1030. The summed E-state index contributed by atoms with van der Waals surface area (Å²) in [5.74, 6) is 0. The molecule has 0 N–H and O–H groups in total. The number of aryl methyl sites for hydroxylation is 1. The second kappa shape index (κ2) is 9.50. The molecule has 1 heterocycles. The smallest absolute Gasteiger partial charge is 0.321 e. The molecular formula is C22H26F3N3O3S. The third-order valence-electron chi connectivity index (χ3n) is 5.52. The molecule has 10 heteroatoms. The lowest BCUT2D eigenvalue weighted by molar-refractivity contribution is -0.137. The summed E-state index contributed by atoms with van der Waals surface area (Å²) >= 11 is 0. The zero-order valence-corrected chi connectivity index (χ0v) is 18.8. The van der Waals surface area contributed by atoms with Crippen LogP contribution in [0.4, 0.5) is 18.0 Å². The highest BCUT2D eigenvalue weighted by molar-refractivity contribution is 7.89. The zero-order chi connectivity index (χ0) is 23.5. The molecule has 1 saturated heterocycles. The summed E-state index contributed by atoms with van der Waals surface area (Å²) in [5, 5.41) is 0. The Morgan fingerprint density at radius 3 is 2.03 bits per heavy atom. The van der Waals surface area contributed by atoms with Crippen LogP contribution >= 0.6 is 0 Å². The molecule has 0 aromatic heterocycles. The molecule has 0 unspecified atom stereocenters. The van der Waals surface area contributed by atoms with E-state index in [4.69, 9.17) is 0 Å². The van der Waals surface area contributed by atoms with Gasteiger partial charge in [0, 0.05) is 26.2 Å². The number of urea groups is 1. The van der Waals surface area contributed by atoms with Crippen molar-refractivity contribution in [2.24, 2.45) is 0 Å². The van der Waals surface area contributed by atoms with Crippen LogP contribution in [0, 0.1) is 6.92 Å². The van der Waals surface area contributed by atoms with Crippen molar-refractivity contribution in [1.29, 1.82) is 0 Å². The standard InChI is InChI=1S/C22H26F3N3O3S/c1-3-26-12-14-27(15-13-26)21(29)28(32(30,31)20-10-4-17(2)5-11-20)16-18-6-8-19(9-7-18)22(23,24)25/h4-11H,3,12-16H2,1-2H3. The zero-order valence-electron chi connectivity index (χ0n) is 18.0. The van der Waals surface area contributed by atoms with Gasteiger partial charge in [-0.25, -0.2) is 17.5 Å². The summed E-state index contributed by atoms with van der Waals surface area (Å²) in [5.41, 5.74) is 0.311. The van der Waals surface area contributed by atoms with E-state index in [-0.39, 0.29) is 17.0 Å². The third kappa shape index (κ3) is 5.42. The highest BCUT2D eigenvalue weighted by Gasteiger charge is 2.35. The summed E-state index contributed by atoms with van der Waals surface area (Å²) in [6.07, 6.45) is -4.50. The number of rotatable bonds is 5. The molecule has 0 spiro atoms. The Kier molecular flexibility index (Phi) is 7.14. The Labute approximate surface area is 186 Å². The average Bonchev–Trinajstić information content (AvgIpc) is 2.77. The van der Waals surface area contributed by atoms with Crippen molar-refractivity contribution in [1.82, 2.24) is 14.1 Å². The van der Waals surface area contributed by atoms with Gasteiger partial charge in [-0.1, -0.05) is 36.8 Å². The molecule has 0 atom stereocenters. The number of halogens is 3. The quantitative estimate of drug-likeness (QED) is 0.665. The number of hydrogen-bond acceptors (Lipinski definition) is 4. The van der Waals surface area contributed by atoms with Gasteiger partial charge in [0.25, 0.3) is 10.0 Å². The number of alkyl halides is 3. The number of hydrogen-bond donors (Lipinski definition) is 0. The van der Waals surface area contributed by atoms with E-state index in [1.807, 2.05) is 13.8 Å². The molecule has 32 heavy (non-hydrogen) atoms. The topological polar surface area (TPSA) is 60.9 Å². The van der Waals surface area contributed by atoms with E-state index in [1.54, 1.807) is 12.1 Å². The first-order valence-corrected chi connectivity index (χ1v) is 11.7. The van der Waals surface area contributed by atoms with Crippen molar-refractivity contribution in [2.75, 3.05) is 32.7 Å². The average molecular weight is 470 g/mol. The fourth-order valence-corrected chi connectivity index (χ4v) is 4.85. The minimum Gasteiger partial charge on any atom is -0.321 e. The van der Waals surface area contributed by atoms with Crippen molar-refractivity contribution in [3.8, 4) is 0 Å². The minimum atomic E-state index is -4.50. The van der Waals surface area contributed by atoms with Gasteiger partial charge in [0.05, 0.1) is 17.0 Å². The highest BCUT2D eigenvalue weighted by Crippen LogP contribution is 2.30. The van der Waals surface area contributed by atoms with E-state index in [0.717, 1.165) is 28.5 Å². The molecule has 0 aliphatic carbocycles. The molecule has 0 saturated carbocycles. The van der Waals surface area contributed by atoms with Crippen molar-refractivity contribution in [3.63, 3.8) is 0 Å². The summed E-state index contributed by atoms with van der Waals surface area (Å²) in [6, 6.07) is 9.60. The van der Waals surface area contributed by atoms with Gasteiger partial charge in [0.2, 0.25) is 0 Å². The summed E-state index contributed by atoms with van der Waals surface area (Å²) in [7, 11) is -4.22. The first kappa shape index (κ1) is 24.1. The van der Waals surface area contributed by atoms with E-state index >= 15 is 0 Å². The largest absolute Gasteiger partial charge is 0.416 e. The number of carbonyl (C=O) groups excluding carboxylic acids is 1. The SMILES string of the molecule is CCN1CCN(C(=O)N(Cc2ccc(C(F)(F)F)cc2)S(=O)(=O)c2ccc(C)cc2)CC1. The maximum Gasteiger partial charge on any atom is 0.416 e. The van der Waals surface area contributed by atoms with E-state index < -0.39 is 27.8 Å². The molecule has 2 aromatic rings. The van der Waals surface area contributed by atoms with Gasteiger partial charge in [0.1, 0.15) is 0 Å². The number of piperazine rings is 1. The lowest BCUT2D eigenvalue weighted by atomic mass is 10.1. The molecule has 1 aliphatic heterocycles. The number of carbonyl (C=O) groups is 1. The van der Waals surface area contributed by atoms with E-state index in [0.29, 0.717) is 26.2 Å². The summed E-state index contributed by atoms with van der Waals surface area (Å²) in [4.78, 5) is 16.9. The van der Waals surface area contributed by atoms with Crippen LogP contribution < -0.4 is 0 Å². The van der Waals surface area contributed by atoms with Crippen LogP contribution in [0.15, 0.2) is 53.4 Å². The van der Waals surface area contributed by atoms with Crippen LogP contribution in [-0.2, 0) is 22.7 Å².